The number of nitrogens with one attached hydrogen (secondary N) is 1. The number of aromatic hydroxyl groups is 1. The lowest BCUT2D eigenvalue weighted by molar-refractivity contribution is 0.209. The van der Waals surface area contributed by atoms with E-state index in [1.807, 2.05) is 0 Å². The Morgan fingerprint density at radius 1 is 1.20 bits per heavy atom. The fourth-order valence-corrected chi connectivity index (χ4v) is 1.67. The van der Waals surface area contributed by atoms with Gasteiger partial charge in [0, 0.05) is 0 Å². The van der Waals surface area contributed by atoms with Crippen LogP contribution in [0.3, 0.4) is 0 Å². The SMILES string of the molecule is Cc1c(Cl)c(O)c(Cl)c(C)c1NC(=O)O. The third kappa shape index (κ3) is 2.11. The number of hydrogen-bond acceptors (Lipinski definition) is 2. The van der Waals surface area contributed by atoms with Crippen molar-refractivity contribution in [1.29, 1.82) is 0 Å². The van der Waals surface area contributed by atoms with E-state index in [1.165, 1.54) is 0 Å². The minimum Gasteiger partial charge on any atom is -0.505 e. The van der Waals surface area contributed by atoms with Crippen LogP contribution in [0.1, 0.15) is 11.1 Å². The molecule has 0 aliphatic heterocycles. The lowest BCUT2D eigenvalue weighted by Crippen LogP contribution is -2.10. The van der Waals surface area contributed by atoms with Crippen LogP contribution >= 0.6 is 23.2 Å². The molecule has 1 amide bonds. The molecule has 0 heterocycles. The zero-order valence-corrected chi connectivity index (χ0v) is 9.57. The summed E-state index contributed by atoms with van der Waals surface area (Å²) in [6, 6.07) is 0. The number of hydrogen-bond donors (Lipinski definition) is 3. The molecule has 6 heteroatoms. The number of phenolic OH excluding ortho intramolecular Hbond substituents is 1. The van der Waals surface area contributed by atoms with Gasteiger partial charge in [0.05, 0.1) is 15.7 Å². The van der Waals surface area contributed by atoms with E-state index in [0.717, 1.165) is 0 Å². The molecular formula is C9H9Cl2NO3. The molecule has 0 spiro atoms. The molecule has 82 valence electrons. The summed E-state index contributed by atoms with van der Waals surface area (Å²) in [7, 11) is 0. The van der Waals surface area contributed by atoms with Crippen LogP contribution in [0.15, 0.2) is 0 Å². The van der Waals surface area contributed by atoms with Crippen molar-refractivity contribution in [3.8, 4) is 5.75 Å². The third-order valence-electron chi connectivity index (χ3n) is 2.06. The standard InChI is InChI=1S/C9H9Cl2NO3/c1-3-5(10)8(13)6(11)4(2)7(3)12-9(14)15/h12-13H,1-2H3,(H,14,15). The van der Waals surface area contributed by atoms with E-state index in [0.29, 0.717) is 16.8 Å². The molecule has 0 aromatic heterocycles. The molecule has 3 N–H and O–H groups in total. The normalized spacial score (nSPS) is 10.1. The number of carboxylic acid groups (broad SMARTS) is 1. The Morgan fingerprint density at radius 3 is 1.93 bits per heavy atom. The smallest absolute Gasteiger partial charge is 0.409 e. The quantitative estimate of drug-likeness (QED) is 0.669. The molecule has 0 atom stereocenters. The number of carbonyl (C=O) groups is 1. The van der Waals surface area contributed by atoms with E-state index >= 15 is 0 Å². The number of anilines is 1. The van der Waals surface area contributed by atoms with Crippen LogP contribution in [-0.4, -0.2) is 16.3 Å². The maximum Gasteiger partial charge on any atom is 0.409 e. The summed E-state index contributed by atoms with van der Waals surface area (Å²) in [5.74, 6) is -0.232. The van der Waals surface area contributed by atoms with E-state index in [1.54, 1.807) is 13.8 Å². The first-order valence-corrected chi connectivity index (χ1v) is 4.79. The van der Waals surface area contributed by atoms with E-state index in [-0.39, 0.29) is 15.8 Å². The Morgan fingerprint density at radius 2 is 1.60 bits per heavy atom. The molecule has 1 aromatic rings. The van der Waals surface area contributed by atoms with Crippen LogP contribution in [0.25, 0.3) is 0 Å². The molecule has 0 aliphatic carbocycles. The van der Waals surface area contributed by atoms with Gasteiger partial charge in [0.2, 0.25) is 0 Å². The van der Waals surface area contributed by atoms with Crippen LogP contribution < -0.4 is 5.32 Å². The summed E-state index contributed by atoms with van der Waals surface area (Å²) in [5.41, 5.74) is 1.19. The van der Waals surface area contributed by atoms with E-state index in [4.69, 9.17) is 28.3 Å². The van der Waals surface area contributed by atoms with Gasteiger partial charge in [0.25, 0.3) is 0 Å². The van der Waals surface area contributed by atoms with Gasteiger partial charge in [-0.2, -0.15) is 0 Å². The van der Waals surface area contributed by atoms with Gasteiger partial charge in [0.1, 0.15) is 0 Å². The Balaban J connectivity index is 3.45. The first kappa shape index (κ1) is 11.9. The Bertz CT molecular complexity index is 403. The van der Waals surface area contributed by atoms with Gasteiger partial charge in [-0.1, -0.05) is 23.2 Å². The second kappa shape index (κ2) is 4.16. The number of phenols is 1. The molecule has 0 saturated carbocycles. The van der Waals surface area contributed by atoms with Gasteiger partial charge in [-0.3, -0.25) is 5.32 Å². The van der Waals surface area contributed by atoms with E-state index < -0.39 is 6.09 Å². The minimum absolute atomic E-state index is 0.0503. The predicted molar refractivity (Wildman–Crippen MR) is 59.2 cm³/mol. The molecule has 0 bridgehead atoms. The molecule has 0 aliphatic rings. The summed E-state index contributed by atoms with van der Waals surface area (Å²) >= 11 is 11.6. The van der Waals surface area contributed by atoms with Crippen LogP contribution in [0.2, 0.25) is 10.0 Å². The summed E-state index contributed by atoms with van der Waals surface area (Å²) < 4.78 is 0. The minimum atomic E-state index is -1.21. The summed E-state index contributed by atoms with van der Waals surface area (Å²) in [4.78, 5) is 10.5. The average Bonchev–Trinajstić information content (AvgIpc) is 2.18. The van der Waals surface area contributed by atoms with Crippen molar-refractivity contribution in [3.05, 3.63) is 21.2 Å². The number of halogens is 2. The van der Waals surface area contributed by atoms with Crippen molar-refractivity contribution < 1.29 is 15.0 Å². The Labute approximate surface area is 96.4 Å². The third-order valence-corrected chi connectivity index (χ3v) is 2.98. The van der Waals surface area contributed by atoms with E-state index in [2.05, 4.69) is 5.32 Å². The predicted octanol–water partition coefficient (Wildman–Crippen LogP) is 3.41. The zero-order valence-electron chi connectivity index (χ0n) is 8.06. The van der Waals surface area contributed by atoms with Gasteiger partial charge < -0.3 is 10.2 Å². The zero-order chi connectivity index (χ0) is 11.7. The van der Waals surface area contributed by atoms with Crippen molar-refractivity contribution in [3.63, 3.8) is 0 Å². The molecule has 0 saturated heterocycles. The van der Waals surface area contributed by atoms with Crippen molar-refractivity contribution in [2.45, 2.75) is 13.8 Å². The summed E-state index contributed by atoms with van der Waals surface area (Å²) in [6.07, 6.45) is -1.21. The van der Waals surface area contributed by atoms with Gasteiger partial charge in [-0.05, 0) is 25.0 Å². The number of amides is 1. The number of benzene rings is 1. The lowest BCUT2D eigenvalue weighted by atomic mass is 10.1. The monoisotopic (exact) mass is 249 g/mol. The van der Waals surface area contributed by atoms with Gasteiger partial charge in [0.15, 0.2) is 5.75 Å². The largest absolute Gasteiger partial charge is 0.505 e. The Kier molecular flexibility index (Phi) is 3.31. The van der Waals surface area contributed by atoms with Crippen LogP contribution in [0, 0.1) is 13.8 Å². The van der Waals surface area contributed by atoms with Crippen molar-refractivity contribution in [2.75, 3.05) is 5.32 Å². The number of rotatable bonds is 1. The highest BCUT2D eigenvalue weighted by molar-refractivity contribution is 6.38. The molecular weight excluding hydrogens is 241 g/mol. The summed E-state index contributed by atoms with van der Waals surface area (Å²) in [5, 5.41) is 20.4. The van der Waals surface area contributed by atoms with Crippen LogP contribution in [0.4, 0.5) is 10.5 Å². The van der Waals surface area contributed by atoms with Crippen molar-refractivity contribution in [1.82, 2.24) is 0 Å². The lowest BCUT2D eigenvalue weighted by Gasteiger charge is -2.14. The highest BCUT2D eigenvalue weighted by Crippen LogP contribution is 2.41. The molecule has 15 heavy (non-hydrogen) atoms. The highest BCUT2D eigenvalue weighted by Gasteiger charge is 2.17. The van der Waals surface area contributed by atoms with Crippen LogP contribution in [0.5, 0.6) is 5.75 Å². The first-order chi connectivity index (χ1) is 6.86. The molecule has 0 unspecified atom stereocenters. The fraction of sp³-hybridized carbons (Fsp3) is 0.222. The second-order valence-corrected chi connectivity index (χ2v) is 3.79. The molecule has 0 radical (unpaired) electrons. The summed E-state index contributed by atoms with van der Waals surface area (Å²) in [6.45, 7) is 3.19. The second-order valence-electron chi connectivity index (χ2n) is 3.03. The molecule has 0 fully saturated rings. The molecule has 1 rings (SSSR count). The van der Waals surface area contributed by atoms with Crippen LogP contribution in [-0.2, 0) is 0 Å². The average molecular weight is 250 g/mol. The van der Waals surface area contributed by atoms with Crippen molar-refractivity contribution >= 4 is 35.0 Å². The topological polar surface area (TPSA) is 69.6 Å². The Hall–Kier alpha value is -1.13. The van der Waals surface area contributed by atoms with Gasteiger partial charge in [-0.25, -0.2) is 4.79 Å². The maximum atomic E-state index is 10.5. The maximum absolute atomic E-state index is 10.5. The van der Waals surface area contributed by atoms with E-state index in [9.17, 15) is 9.90 Å². The van der Waals surface area contributed by atoms with Gasteiger partial charge >= 0.3 is 6.09 Å². The van der Waals surface area contributed by atoms with Gasteiger partial charge in [-0.15, -0.1) is 0 Å². The molecule has 1 aromatic carbocycles. The highest BCUT2D eigenvalue weighted by atomic mass is 35.5. The fourth-order valence-electron chi connectivity index (χ4n) is 1.25. The van der Waals surface area contributed by atoms with Crippen molar-refractivity contribution in [2.24, 2.45) is 0 Å². The molecule has 4 nitrogen and oxygen atoms in total. The first-order valence-electron chi connectivity index (χ1n) is 4.03.